The van der Waals surface area contributed by atoms with Crippen LogP contribution in [0.2, 0.25) is 0 Å². The van der Waals surface area contributed by atoms with E-state index < -0.39 is 24.0 Å². The molecule has 30 heavy (non-hydrogen) atoms. The molecule has 0 spiro atoms. The summed E-state index contributed by atoms with van der Waals surface area (Å²) in [4.78, 5) is 36.3. The van der Waals surface area contributed by atoms with Crippen molar-refractivity contribution in [3.63, 3.8) is 0 Å². The molecular formula is C23H28NO6-. The molecule has 0 bridgehead atoms. The second-order valence-electron chi connectivity index (χ2n) is 8.07. The van der Waals surface area contributed by atoms with E-state index >= 15 is 0 Å². The lowest BCUT2D eigenvalue weighted by Gasteiger charge is -2.27. The van der Waals surface area contributed by atoms with Crippen molar-refractivity contribution in [2.75, 3.05) is 0 Å². The number of aryl methyl sites for hydroxylation is 2. The number of fused-ring (bicyclic) bond motifs is 3. The average Bonchev–Trinajstić information content (AvgIpc) is 2.73. The highest BCUT2D eigenvalue weighted by molar-refractivity contribution is 5.87. The largest absolute Gasteiger partial charge is 0.548 e. The van der Waals surface area contributed by atoms with Crippen LogP contribution < -0.4 is 20.8 Å². The average molecular weight is 414 g/mol. The lowest BCUT2D eigenvalue weighted by molar-refractivity contribution is -0.309. The van der Waals surface area contributed by atoms with E-state index in [1.165, 1.54) is 0 Å². The second kappa shape index (κ2) is 8.90. The molecule has 1 aromatic heterocycles. The van der Waals surface area contributed by atoms with Crippen molar-refractivity contribution < 1.29 is 23.8 Å². The molecule has 0 unspecified atom stereocenters. The quantitative estimate of drug-likeness (QED) is 0.695. The number of carbonyl (C=O) groups is 2. The van der Waals surface area contributed by atoms with E-state index in [0.717, 1.165) is 42.2 Å². The van der Waals surface area contributed by atoms with Crippen LogP contribution in [0.25, 0.3) is 11.0 Å². The summed E-state index contributed by atoms with van der Waals surface area (Å²) in [7, 11) is 0. The summed E-state index contributed by atoms with van der Waals surface area (Å²) in [6.07, 6.45) is 3.25. The molecule has 1 aromatic carbocycles. The summed E-state index contributed by atoms with van der Waals surface area (Å²) in [5.41, 5.74) is 2.59. The minimum absolute atomic E-state index is 0.269. The molecule has 162 valence electrons. The topological polar surface area (TPSA) is 109 Å². The molecule has 0 saturated carbocycles. The van der Waals surface area contributed by atoms with E-state index in [4.69, 9.17) is 9.15 Å². The maximum atomic E-state index is 12.5. The van der Waals surface area contributed by atoms with Gasteiger partial charge in [0.25, 0.3) is 5.91 Å². The van der Waals surface area contributed by atoms with Crippen molar-refractivity contribution >= 4 is 22.8 Å². The lowest BCUT2D eigenvalue weighted by atomic mass is 9.90. The predicted octanol–water partition coefficient (Wildman–Crippen LogP) is 2.03. The van der Waals surface area contributed by atoms with Crippen LogP contribution in [0, 0.1) is 12.8 Å². The summed E-state index contributed by atoms with van der Waals surface area (Å²) in [5.74, 6) is -1.72. The summed E-state index contributed by atoms with van der Waals surface area (Å²) < 4.78 is 11.4. The number of benzene rings is 1. The Morgan fingerprint density at radius 2 is 1.87 bits per heavy atom. The van der Waals surface area contributed by atoms with Gasteiger partial charge in [0.1, 0.15) is 11.3 Å². The molecule has 2 aromatic rings. The van der Waals surface area contributed by atoms with Crippen molar-refractivity contribution in [1.82, 2.24) is 5.32 Å². The maximum Gasteiger partial charge on any atom is 0.339 e. The van der Waals surface area contributed by atoms with E-state index in [-0.39, 0.29) is 11.5 Å². The van der Waals surface area contributed by atoms with Crippen molar-refractivity contribution in [3.05, 3.63) is 39.2 Å². The molecule has 1 amide bonds. The molecule has 1 aliphatic rings. The fourth-order valence-corrected chi connectivity index (χ4v) is 3.94. The molecule has 7 heteroatoms. The molecule has 1 heterocycles. The van der Waals surface area contributed by atoms with Gasteiger partial charge in [0.15, 0.2) is 6.10 Å². The molecule has 3 rings (SSSR count). The van der Waals surface area contributed by atoms with Crippen LogP contribution in [0.1, 0.15) is 56.7 Å². The number of nitrogens with one attached hydrogen (secondary N) is 1. The number of carboxylic acid groups (broad SMARTS) is 1. The first kappa shape index (κ1) is 21.9. The van der Waals surface area contributed by atoms with Crippen LogP contribution in [-0.4, -0.2) is 24.0 Å². The summed E-state index contributed by atoms with van der Waals surface area (Å²) in [6, 6.07) is 2.54. The van der Waals surface area contributed by atoms with Gasteiger partial charge in [0.2, 0.25) is 0 Å². The maximum absolute atomic E-state index is 12.5. The normalized spacial score (nSPS) is 16.4. The van der Waals surface area contributed by atoms with Gasteiger partial charge in [-0.15, -0.1) is 0 Å². The van der Waals surface area contributed by atoms with E-state index in [0.29, 0.717) is 23.3 Å². The number of hydrogen-bond donors (Lipinski definition) is 1. The van der Waals surface area contributed by atoms with Crippen LogP contribution in [0.5, 0.6) is 5.75 Å². The lowest BCUT2D eigenvalue weighted by Crippen LogP contribution is -2.54. The number of rotatable bonds is 7. The van der Waals surface area contributed by atoms with Gasteiger partial charge in [-0.2, -0.15) is 0 Å². The zero-order chi connectivity index (χ0) is 22.0. The summed E-state index contributed by atoms with van der Waals surface area (Å²) in [6.45, 7) is 6.91. The third-order valence-corrected chi connectivity index (χ3v) is 6.03. The molecule has 0 saturated heterocycles. The fourth-order valence-electron chi connectivity index (χ4n) is 3.94. The molecule has 0 aliphatic heterocycles. The van der Waals surface area contributed by atoms with Crippen molar-refractivity contribution in [2.24, 2.45) is 5.92 Å². The minimum atomic E-state index is -1.32. The Morgan fingerprint density at radius 3 is 2.50 bits per heavy atom. The molecule has 3 atom stereocenters. The molecular weight excluding hydrogens is 386 g/mol. The van der Waals surface area contributed by atoms with Crippen LogP contribution in [-0.2, 0) is 22.4 Å². The Balaban J connectivity index is 1.85. The highest BCUT2D eigenvalue weighted by atomic mass is 16.5. The third-order valence-electron chi connectivity index (χ3n) is 6.03. The molecule has 0 radical (unpaired) electrons. The Bertz CT molecular complexity index is 1020. The summed E-state index contributed by atoms with van der Waals surface area (Å²) in [5, 5.41) is 14.8. The van der Waals surface area contributed by atoms with E-state index in [1.54, 1.807) is 26.8 Å². The smallest absolute Gasteiger partial charge is 0.339 e. The van der Waals surface area contributed by atoms with Gasteiger partial charge in [-0.3, -0.25) is 4.79 Å². The van der Waals surface area contributed by atoms with Crippen LogP contribution >= 0.6 is 0 Å². The van der Waals surface area contributed by atoms with Crippen molar-refractivity contribution in [2.45, 2.75) is 71.9 Å². The van der Waals surface area contributed by atoms with Gasteiger partial charge < -0.3 is 24.4 Å². The number of ether oxygens (including phenoxy) is 1. The van der Waals surface area contributed by atoms with Crippen LogP contribution in [0.3, 0.4) is 0 Å². The van der Waals surface area contributed by atoms with E-state index in [2.05, 4.69) is 5.32 Å². The Morgan fingerprint density at radius 1 is 1.20 bits per heavy atom. The Labute approximate surface area is 175 Å². The molecule has 1 N–H and O–H groups in total. The molecule has 7 nitrogen and oxygen atoms in total. The first-order valence-corrected chi connectivity index (χ1v) is 10.5. The van der Waals surface area contributed by atoms with Crippen LogP contribution in [0.15, 0.2) is 21.3 Å². The standard InChI is InChI=1S/C23H29NO6/c1-5-12(2)19(22(26)27)24-21(25)14(4)29-18-11-10-16-15-8-6-7-9-17(15)23(28)30-20(16)13(18)3/h10-12,14,19H,5-9H2,1-4H3,(H,24,25)(H,26,27)/p-1/t12-,14-,19-/m0/s1. The van der Waals surface area contributed by atoms with Crippen molar-refractivity contribution in [3.8, 4) is 5.75 Å². The van der Waals surface area contributed by atoms with Gasteiger partial charge in [0.05, 0.1) is 12.0 Å². The zero-order valence-electron chi connectivity index (χ0n) is 17.9. The second-order valence-corrected chi connectivity index (χ2v) is 8.07. The number of hydrogen-bond acceptors (Lipinski definition) is 6. The Hall–Kier alpha value is -2.83. The zero-order valence-corrected chi connectivity index (χ0v) is 17.9. The van der Waals surface area contributed by atoms with Gasteiger partial charge in [-0.25, -0.2) is 4.79 Å². The molecule has 0 fully saturated rings. The number of amides is 1. The van der Waals surface area contributed by atoms with E-state index in [1.807, 2.05) is 13.0 Å². The van der Waals surface area contributed by atoms with Gasteiger partial charge in [-0.1, -0.05) is 20.3 Å². The predicted molar refractivity (Wildman–Crippen MR) is 110 cm³/mol. The van der Waals surface area contributed by atoms with E-state index in [9.17, 15) is 19.5 Å². The van der Waals surface area contributed by atoms with Gasteiger partial charge in [-0.05, 0) is 63.1 Å². The number of carboxylic acids is 1. The van der Waals surface area contributed by atoms with Crippen LogP contribution in [0.4, 0.5) is 0 Å². The summed E-state index contributed by atoms with van der Waals surface area (Å²) >= 11 is 0. The van der Waals surface area contributed by atoms with Crippen molar-refractivity contribution in [1.29, 1.82) is 0 Å². The number of aliphatic carboxylic acids is 1. The van der Waals surface area contributed by atoms with Gasteiger partial charge in [0, 0.05) is 16.5 Å². The third kappa shape index (κ3) is 4.20. The minimum Gasteiger partial charge on any atom is -0.548 e. The first-order chi connectivity index (χ1) is 14.2. The first-order valence-electron chi connectivity index (χ1n) is 10.5. The highest BCUT2D eigenvalue weighted by Gasteiger charge is 2.25. The molecule has 1 aliphatic carbocycles. The highest BCUT2D eigenvalue weighted by Crippen LogP contribution is 2.32. The number of carbonyl (C=O) groups excluding carboxylic acids is 2. The van der Waals surface area contributed by atoms with Gasteiger partial charge >= 0.3 is 5.63 Å². The monoisotopic (exact) mass is 414 g/mol. The fraction of sp³-hybridized carbons (Fsp3) is 0.522. The Kier molecular flexibility index (Phi) is 6.48. The SMILES string of the molecule is CC[C@H](C)[C@H](NC(=O)[C@H](C)Oc1ccc2c3c(c(=O)oc2c1C)CCCC3)C(=O)[O-].